The van der Waals surface area contributed by atoms with E-state index in [2.05, 4.69) is 74.2 Å². The van der Waals surface area contributed by atoms with Gasteiger partial charge in [-0.1, -0.05) is 79.9 Å². The highest BCUT2D eigenvalue weighted by Gasteiger charge is 2.06. The van der Waals surface area contributed by atoms with Crippen LogP contribution in [0.4, 0.5) is 0 Å². The van der Waals surface area contributed by atoms with Crippen molar-refractivity contribution < 1.29 is 0 Å². The zero-order chi connectivity index (χ0) is 15.8. The van der Waals surface area contributed by atoms with Gasteiger partial charge in [0.05, 0.1) is 0 Å². The van der Waals surface area contributed by atoms with Crippen LogP contribution < -0.4 is 0 Å². The van der Waals surface area contributed by atoms with Gasteiger partial charge in [0, 0.05) is 9.79 Å². The molecular formula is C21H22S. The van der Waals surface area contributed by atoms with E-state index in [4.69, 9.17) is 0 Å². The molecule has 0 nitrogen and oxygen atoms in total. The predicted molar refractivity (Wildman–Crippen MR) is 99.4 cm³/mol. The molecule has 0 N–H and O–H groups in total. The second-order valence-electron chi connectivity index (χ2n) is 4.95. The molecule has 0 amide bonds. The Labute approximate surface area is 138 Å². The van der Waals surface area contributed by atoms with Gasteiger partial charge in [-0.3, -0.25) is 0 Å². The van der Waals surface area contributed by atoms with Gasteiger partial charge < -0.3 is 0 Å². The molecule has 0 aliphatic carbocycles. The van der Waals surface area contributed by atoms with Crippen LogP contribution in [0.5, 0.6) is 0 Å². The lowest BCUT2D eigenvalue weighted by atomic mass is 10.1. The Bertz CT molecular complexity index is 675. The predicted octanol–water partition coefficient (Wildman–Crippen LogP) is 6.55. The summed E-state index contributed by atoms with van der Waals surface area (Å²) in [5, 5.41) is 0. The molecule has 0 fully saturated rings. The highest BCUT2D eigenvalue weighted by Crippen LogP contribution is 2.34. The summed E-state index contributed by atoms with van der Waals surface area (Å²) >= 11 is 1.80. The third-order valence-corrected chi connectivity index (χ3v) is 4.53. The quantitative estimate of drug-likeness (QED) is 0.546. The first-order valence-corrected chi connectivity index (χ1v) is 8.41. The fraction of sp³-hybridized carbons (Fsp3) is 0.143. The van der Waals surface area contributed by atoms with Crippen LogP contribution >= 0.6 is 11.8 Å². The normalized spacial score (nSPS) is 11.8. The first kappa shape index (κ1) is 16.4. The number of hydrogen-bond donors (Lipinski definition) is 0. The van der Waals surface area contributed by atoms with Crippen LogP contribution in [0.1, 0.15) is 25.0 Å². The van der Waals surface area contributed by atoms with Gasteiger partial charge in [-0.25, -0.2) is 0 Å². The molecule has 2 aromatic rings. The summed E-state index contributed by atoms with van der Waals surface area (Å²) in [4.78, 5) is 2.52. The minimum atomic E-state index is 1.08. The van der Waals surface area contributed by atoms with Gasteiger partial charge >= 0.3 is 0 Å². The van der Waals surface area contributed by atoms with Crippen LogP contribution in [0.3, 0.4) is 0 Å². The maximum atomic E-state index is 3.95. The molecular weight excluding hydrogens is 284 g/mol. The van der Waals surface area contributed by atoms with Crippen molar-refractivity contribution in [2.45, 2.75) is 30.1 Å². The van der Waals surface area contributed by atoms with Crippen LogP contribution in [-0.4, -0.2) is 0 Å². The fourth-order valence-electron chi connectivity index (χ4n) is 2.18. The van der Waals surface area contributed by atoms with Gasteiger partial charge in [0.25, 0.3) is 0 Å². The first-order valence-electron chi connectivity index (χ1n) is 7.60. The zero-order valence-corrected chi connectivity index (χ0v) is 14.1. The van der Waals surface area contributed by atoms with Gasteiger partial charge in [-0.2, -0.15) is 0 Å². The topological polar surface area (TPSA) is 0 Å². The third-order valence-electron chi connectivity index (χ3n) is 3.45. The lowest BCUT2D eigenvalue weighted by Crippen LogP contribution is -1.86. The molecule has 2 aromatic carbocycles. The largest absolute Gasteiger partial charge is 0.0984 e. The molecule has 0 aromatic heterocycles. The number of benzene rings is 2. The maximum Gasteiger partial charge on any atom is 0.0200 e. The van der Waals surface area contributed by atoms with Gasteiger partial charge in [-0.15, -0.1) is 0 Å². The van der Waals surface area contributed by atoms with Gasteiger partial charge in [0.2, 0.25) is 0 Å². The summed E-state index contributed by atoms with van der Waals surface area (Å²) in [5.74, 6) is 0. The second-order valence-corrected chi connectivity index (χ2v) is 6.06. The van der Waals surface area contributed by atoms with E-state index in [-0.39, 0.29) is 0 Å². The van der Waals surface area contributed by atoms with Crippen molar-refractivity contribution in [3.05, 3.63) is 90.5 Å². The molecule has 2 rings (SSSR count). The fourth-order valence-corrected chi connectivity index (χ4v) is 3.15. The molecule has 22 heavy (non-hydrogen) atoms. The van der Waals surface area contributed by atoms with Gasteiger partial charge in [0.15, 0.2) is 0 Å². The highest BCUT2D eigenvalue weighted by atomic mass is 32.2. The summed E-state index contributed by atoms with van der Waals surface area (Å²) < 4.78 is 0. The molecule has 1 heteroatoms. The van der Waals surface area contributed by atoms with Gasteiger partial charge in [-0.05, 0) is 48.2 Å². The Hall–Kier alpha value is -1.99. The molecule has 0 aliphatic rings. The van der Waals surface area contributed by atoms with E-state index in [1.807, 2.05) is 19.1 Å². The average molecular weight is 306 g/mol. The highest BCUT2D eigenvalue weighted by molar-refractivity contribution is 7.99. The maximum absolute atomic E-state index is 3.95. The first-order chi connectivity index (χ1) is 10.8. The van der Waals surface area contributed by atoms with E-state index >= 15 is 0 Å². The van der Waals surface area contributed by atoms with E-state index in [1.165, 1.54) is 20.9 Å². The SMILES string of the molecule is C=C/C(=C\C=C/C)c1ccccc1Sc1ccc(CC)cc1. The lowest BCUT2D eigenvalue weighted by molar-refractivity contribution is 1.13. The Morgan fingerprint density at radius 1 is 1.09 bits per heavy atom. The second kappa shape index (κ2) is 8.45. The van der Waals surface area contributed by atoms with Crippen LogP contribution in [0, 0.1) is 0 Å². The molecule has 0 radical (unpaired) electrons. The minimum absolute atomic E-state index is 1.08. The van der Waals surface area contributed by atoms with E-state index in [0.717, 1.165) is 12.0 Å². The minimum Gasteiger partial charge on any atom is -0.0984 e. The Balaban J connectivity index is 2.33. The zero-order valence-electron chi connectivity index (χ0n) is 13.3. The molecule has 0 saturated carbocycles. The summed E-state index contributed by atoms with van der Waals surface area (Å²) in [6.45, 7) is 8.15. The molecule has 0 heterocycles. The van der Waals surface area contributed by atoms with Crippen LogP contribution in [0.15, 0.2) is 89.2 Å². The van der Waals surface area contributed by atoms with Crippen molar-refractivity contribution in [2.75, 3.05) is 0 Å². The van der Waals surface area contributed by atoms with E-state index in [0.29, 0.717) is 0 Å². The monoisotopic (exact) mass is 306 g/mol. The van der Waals surface area contributed by atoms with E-state index in [9.17, 15) is 0 Å². The average Bonchev–Trinajstić information content (AvgIpc) is 2.57. The number of rotatable bonds is 6. The molecule has 0 aliphatic heterocycles. The number of aryl methyl sites for hydroxylation is 1. The molecule has 112 valence electrons. The van der Waals surface area contributed by atoms with E-state index < -0.39 is 0 Å². The summed E-state index contributed by atoms with van der Waals surface area (Å²) in [5.41, 5.74) is 3.74. The summed E-state index contributed by atoms with van der Waals surface area (Å²) in [7, 11) is 0. The standard InChI is InChI=1S/C21H22S/c1-4-7-10-18(6-3)20-11-8-9-12-21(20)22-19-15-13-17(5-2)14-16-19/h4,6-16H,3,5H2,1-2H3/b7-4-,18-10+. The Kier molecular flexibility index (Phi) is 6.29. The van der Waals surface area contributed by atoms with E-state index in [1.54, 1.807) is 11.8 Å². The van der Waals surface area contributed by atoms with Gasteiger partial charge in [0.1, 0.15) is 0 Å². The summed E-state index contributed by atoms with van der Waals surface area (Å²) in [6.07, 6.45) is 9.18. The van der Waals surface area contributed by atoms with Crippen molar-refractivity contribution in [3.8, 4) is 0 Å². The smallest absolute Gasteiger partial charge is 0.0200 e. The Morgan fingerprint density at radius 3 is 2.45 bits per heavy atom. The third kappa shape index (κ3) is 4.25. The molecule has 0 spiro atoms. The molecule has 0 bridgehead atoms. The van der Waals surface area contributed by atoms with Crippen molar-refractivity contribution in [1.29, 1.82) is 0 Å². The lowest BCUT2D eigenvalue weighted by Gasteiger charge is -2.10. The molecule has 0 unspecified atom stereocenters. The molecule has 0 atom stereocenters. The van der Waals surface area contributed by atoms with Crippen molar-refractivity contribution >= 4 is 17.3 Å². The van der Waals surface area contributed by atoms with Crippen LogP contribution in [-0.2, 0) is 6.42 Å². The number of hydrogen-bond acceptors (Lipinski definition) is 1. The van der Waals surface area contributed by atoms with Crippen molar-refractivity contribution in [3.63, 3.8) is 0 Å². The number of allylic oxidation sites excluding steroid dienone is 5. The molecule has 0 saturated heterocycles. The van der Waals surface area contributed by atoms with Crippen LogP contribution in [0.25, 0.3) is 5.57 Å². The van der Waals surface area contributed by atoms with Crippen molar-refractivity contribution in [1.82, 2.24) is 0 Å². The summed E-state index contributed by atoms with van der Waals surface area (Å²) in [6, 6.07) is 17.3. The van der Waals surface area contributed by atoms with Crippen molar-refractivity contribution in [2.24, 2.45) is 0 Å². The Morgan fingerprint density at radius 2 is 1.82 bits per heavy atom. The van der Waals surface area contributed by atoms with Crippen LogP contribution in [0.2, 0.25) is 0 Å².